The summed E-state index contributed by atoms with van der Waals surface area (Å²) >= 11 is 0. The monoisotopic (exact) mass is 455 g/mol. The van der Waals surface area contributed by atoms with Crippen LogP contribution in [0.25, 0.3) is 0 Å². The molecular formula is C25H26FNO6. The molecule has 0 N–H and O–H groups in total. The number of ether oxygens (including phenoxy) is 4. The molecule has 0 bridgehead atoms. The first-order chi connectivity index (χ1) is 15.8. The van der Waals surface area contributed by atoms with Crippen molar-refractivity contribution >= 4 is 17.6 Å². The summed E-state index contributed by atoms with van der Waals surface area (Å²) in [5.74, 6) is -1.45. The number of halogens is 1. The van der Waals surface area contributed by atoms with Gasteiger partial charge in [0.15, 0.2) is 11.5 Å². The highest BCUT2D eigenvalue weighted by Crippen LogP contribution is 2.41. The van der Waals surface area contributed by atoms with Crippen LogP contribution in [0.1, 0.15) is 25.3 Å². The van der Waals surface area contributed by atoms with Gasteiger partial charge in [0.05, 0.1) is 44.5 Å². The van der Waals surface area contributed by atoms with Crippen molar-refractivity contribution in [1.29, 1.82) is 0 Å². The van der Waals surface area contributed by atoms with Crippen molar-refractivity contribution in [2.24, 2.45) is 0 Å². The standard InChI is InChI=1S/C25H26FNO6/c1-15(2)33-21-11-6-16(12-22(21)30-3)23-19(24(28)31-4)13-27(14-20(23)25(29)32-5)18-9-7-17(26)8-10-18/h6-15,23H,1-5H3. The number of anilines is 1. The van der Waals surface area contributed by atoms with E-state index in [-0.39, 0.29) is 17.3 Å². The van der Waals surface area contributed by atoms with Gasteiger partial charge in [-0.05, 0) is 55.8 Å². The highest BCUT2D eigenvalue weighted by atomic mass is 19.1. The maximum Gasteiger partial charge on any atom is 0.336 e. The lowest BCUT2D eigenvalue weighted by atomic mass is 9.83. The van der Waals surface area contributed by atoms with E-state index in [2.05, 4.69) is 0 Å². The smallest absolute Gasteiger partial charge is 0.336 e. The molecular weight excluding hydrogens is 429 g/mol. The van der Waals surface area contributed by atoms with E-state index in [1.165, 1.54) is 45.6 Å². The van der Waals surface area contributed by atoms with E-state index in [0.717, 1.165) is 0 Å². The van der Waals surface area contributed by atoms with E-state index in [4.69, 9.17) is 18.9 Å². The van der Waals surface area contributed by atoms with Crippen LogP contribution < -0.4 is 14.4 Å². The molecule has 0 aliphatic carbocycles. The first-order valence-electron chi connectivity index (χ1n) is 10.3. The van der Waals surface area contributed by atoms with Crippen LogP contribution in [0.4, 0.5) is 10.1 Å². The molecule has 0 saturated carbocycles. The maximum absolute atomic E-state index is 13.4. The van der Waals surface area contributed by atoms with Gasteiger partial charge in [-0.3, -0.25) is 0 Å². The number of methoxy groups -OCH3 is 3. The second-order valence-electron chi connectivity index (χ2n) is 7.55. The molecule has 2 aromatic carbocycles. The first kappa shape index (κ1) is 23.8. The molecule has 8 heteroatoms. The Morgan fingerprint density at radius 2 is 1.45 bits per heavy atom. The molecule has 2 aromatic rings. The summed E-state index contributed by atoms with van der Waals surface area (Å²) in [5, 5.41) is 0. The number of rotatable bonds is 7. The summed E-state index contributed by atoms with van der Waals surface area (Å²) in [6.45, 7) is 3.80. The van der Waals surface area contributed by atoms with Crippen molar-refractivity contribution in [3.05, 3.63) is 77.4 Å². The van der Waals surface area contributed by atoms with Crippen LogP contribution in [0.15, 0.2) is 66.0 Å². The predicted octanol–water partition coefficient (Wildman–Crippen LogP) is 4.34. The minimum absolute atomic E-state index is 0.0697. The lowest BCUT2D eigenvalue weighted by Gasteiger charge is -2.30. The summed E-state index contributed by atoms with van der Waals surface area (Å²) in [5.41, 5.74) is 1.56. The highest BCUT2D eigenvalue weighted by molar-refractivity contribution is 6.00. The molecule has 0 atom stereocenters. The Kier molecular flexibility index (Phi) is 7.37. The van der Waals surface area contributed by atoms with Crippen LogP contribution in [-0.4, -0.2) is 39.4 Å². The fourth-order valence-electron chi connectivity index (χ4n) is 3.57. The fourth-order valence-corrected chi connectivity index (χ4v) is 3.57. The minimum Gasteiger partial charge on any atom is -0.493 e. The van der Waals surface area contributed by atoms with Crippen molar-refractivity contribution in [2.45, 2.75) is 25.9 Å². The van der Waals surface area contributed by atoms with Gasteiger partial charge in [-0.15, -0.1) is 0 Å². The zero-order valence-corrected chi connectivity index (χ0v) is 19.1. The van der Waals surface area contributed by atoms with Crippen molar-refractivity contribution in [1.82, 2.24) is 0 Å². The maximum atomic E-state index is 13.4. The number of hydrogen-bond donors (Lipinski definition) is 0. The van der Waals surface area contributed by atoms with Crippen LogP contribution in [0.2, 0.25) is 0 Å². The third kappa shape index (κ3) is 5.16. The molecule has 174 valence electrons. The zero-order chi connectivity index (χ0) is 24.1. The van der Waals surface area contributed by atoms with Gasteiger partial charge in [0.2, 0.25) is 0 Å². The molecule has 0 fully saturated rings. The van der Waals surface area contributed by atoms with Crippen LogP contribution in [0.5, 0.6) is 11.5 Å². The van der Waals surface area contributed by atoms with Gasteiger partial charge in [0.25, 0.3) is 0 Å². The van der Waals surface area contributed by atoms with Crippen molar-refractivity contribution in [3.63, 3.8) is 0 Å². The Labute approximate surface area is 192 Å². The molecule has 1 aliphatic rings. The molecule has 33 heavy (non-hydrogen) atoms. The number of carbonyl (C=O) groups excluding carboxylic acids is 2. The molecule has 1 heterocycles. The van der Waals surface area contributed by atoms with Crippen LogP contribution >= 0.6 is 0 Å². The van der Waals surface area contributed by atoms with Crippen LogP contribution in [0.3, 0.4) is 0 Å². The van der Waals surface area contributed by atoms with Crippen LogP contribution in [-0.2, 0) is 19.1 Å². The normalized spacial score (nSPS) is 13.8. The van der Waals surface area contributed by atoms with E-state index in [0.29, 0.717) is 22.7 Å². The van der Waals surface area contributed by atoms with E-state index in [9.17, 15) is 14.0 Å². The molecule has 3 rings (SSSR count). The quantitative estimate of drug-likeness (QED) is 0.575. The molecule has 0 radical (unpaired) electrons. The van der Waals surface area contributed by atoms with Crippen molar-refractivity contribution in [3.8, 4) is 11.5 Å². The molecule has 0 aromatic heterocycles. The van der Waals surface area contributed by atoms with E-state index >= 15 is 0 Å². The number of hydrogen-bond acceptors (Lipinski definition) is 7. The lowest BCUT2D eigenvalue weighted by Crippen LogP contribution is -2.28. The number of carbonyl (C=O) groups is 2. The van der Waals surface area contributed by atoms with E-state index < -0.39 is 23.7 Å². The molecule has 0 unspecified atom stereocenters. The van der Waals surface area contributed by atoms with E-state index in [1.807, 2.05) is 13.8 Å². The van der Waals surface area contributed by atoms with Gasteiger partial charge in [0, 0.05) is 18.1 Å². The topological polar surface area (TPSA) is 74.3 Å². The fraction of sp³-hybridized carbons (Fsp3) is 0.280. The van der Waals surface area contributed by atoms with Gasteiger partial charge >= 0.3 is 11.9 Å². The SMILES string of the molecule is COC(=O)C1=CN(c2ccc(F)cc2)C=C(C(=O)OC)C1c1ccc(OC(C)C)c(OC)c1. The minimum atomic E-state index is -0.788. The Morgan fingerprint density at radius 1 is 0.879 bits per heavy atom. The van der Waals surface area contributed by atoms with Crippen LogP contribution in [0, 0.1) is 5.82 Å². The summed E-state index contributed by atoms with van der Waals surface area (Å²) in [6, 6.07) is 10.8. The molecule has 7 nitrogen and oxygen atoms in total. The number of benzene rings is 2. The highest BCUT2D eigenvalue weighted by Gasteiger charge is 2.36. The van der Waals surface area contributed by atoms with Gasteiger partial charge in [-0.2, -0.15) is 0 Å². The average Bonchev–Trinajstić information content (AvgIpc) is 2.82. The van der Waals surface area contributed by atoms with Gasteiger partial charge in [-0.25, -0.2) is 14.0 Å². The first-order valence-corrected chi connectivity index (χ1v) is 10.3. The Balaban J connectivity index is 2.16. The van der Waals surface area contributed by atoms with Crippen molar-refractivity contribution in [2.75, 3.05) is 26.2 Å². The predicted molar refractivity (Wildman–Crippen MR) is 121 cm³/mol. The summed E-state index contributed by atoms with van der Waals surface area (Å²) in [6.07, 6.45) is 3.04. The molecule has 1 aliphatic heterocycles. The zero-order valence-electron chi connectivity index (χ0n) is 19.1. The second-order valence-corrected chi connectivity index (χ2v) is 7.55. The third-order valence-corrected chi connectivity index (χ3v) is 5.03. The molecule has 0 saturated heterocycles. The summed E-state index contributed by atoms with van der Waals surface area (Å²) in [7, 11) is 4.04. The van der Waals surface area contributed by atoms with Gasteiger partial charge in [0.1, 0.15) is 5.82 Å². The van der Waals surface area contributed by atoms with Crippen molar-refractivity contribution < 1.29 is 32.9 Å². The summed E-state index contributed by atoms with van der Waals surface area (Å²) < 4.78 is 34.7. The molecule has 0 spiro atoms. The number of esters is 2. The second kappa shape index (κ2) is 10.2. The Morgan fingerprint density at radius 3 is 1.94 bits per heavy atom. The lowest BCUT2D eigenvalue weighted by molar-refractivity contribution is -0.137. The van der Waals surface area contributed by atoms with Gasteiger partial charge < -0.3 is 23.8 Å². The number of nitrogens with zero attached hydrogens (tertiary/aromatic N) is 1. The third-order valence-electron chi connectivity index (χ3n) is 5.03. The molecule has 0 amide bonds. The Bertz CT molecular complexity index is 1060. The van der Waals surface area contributed by atoms with E-state index in [1.54, 1.807) is 35.5 Å². The van der Waals surface area contributed by atoms with Gasteiger partial charge in [-0.1, -0.05) is 6.07 Å². The largest absolute Gasteiger partial charge is 0.493 e. The average molecular weight is 455 g/mol. The summed E-state index contributed by atoms with van der Waals surface area (Å²) in [4.78, 5) is 27.1. The Hall–Kier alpha value is -3.81.